The maximum atomic E-state index is 3.47. The zero-order valence-corrected chi connectivity index (χ0v) is 12.4. The molecule has 106 valence electrons. The quantitative estimate of drug-likeness (QED) is 0.767. The molecule has 0 aromatic carbocycles. The van der Waals surface area contributed by atoms with E-state index in [1.807, 2.05) is 0 Å². The molecule has 3 rings (SSSR count). The predicted molar refractivity (Wildman–Crippen MR) is 79.3 cm³/mol. The third-order valence-corrected chi connectivity index (χ3v) is 4.74. The van der Waals surface area contributed by atoms with Gasteiger partial charge in [-0.05, 0) is 82.3 Å². The van der Waals surface area contributed by atoms with Crippen LogP contribution in [0.2, 0.25) is 0 Å². The molecule has 0 unspecified atom stereocenters. The van der Waals surface area contributed by atoms with Gasteiger partial charge in [0, 0.05) is 13.1 Å². The fourth-order valence-electron chi connectivity index (χ4n) is 3.12. The van der Waals surface area contributed by atoms with Crippen molar-refractivity contribution in [1.82, 2.24) is 10.2 Å². The molecular formula is C15H29ClN2. The summed E-state index contributed by atoms with van der Waals surface area (Å²) in [6, 6.07) is 0. The minimum Gasteiger partial charge on any atom is -0.317 e. The lowest BCUT2D eigenvalue weighted by Gasteiger charge is -2.27. The smallest absolute Gasteiger partial charge is 0.000978 e. The molecule has 0 amide bonds. The Morgan fingerprint density at radius 3 is 1.83 bits per heavy atom. The molecular weight excluding hydrogens is 244 g/mol. The lowest BCUT2D eigenvalue weighted by molar-refractivity contribution is 0.220. The van der Waals surface area contributed by atoms with Crippen molar-refractivity contribution in [2.45, 2.75) is 44.9 Å². The Morgan fingerprint density at radius 1 is 0.778 bits per heavy atom. The van der Waals surface area contributed by atoms with Crippen molar-refractivity contribution in [2.24, 2.45) is 17.8 Å². The van der Waals surface area contributed by atoms with Gasteiger partial charge >= 0.3 is 0 Å². The van der Waals surface area contributed by atoms with Crippen LogP contribution in [0.15, 0.2) is 0 Å². The summed E-state index contributed by atoms with van der Waals surface area (Å²) in [5.41, 5.74) is 0. The summed E-state index contributed by atoms with van der Waals surface area (Å²) in [5, 5.41) is 3.47. The molecule has 2 aliphatic carbocycles. The summed E-state index contributed by atoms with van der Waals surface area (Å²) in [6.07, 6.45) is 10.3. The number of nitrogens with one attached hydrogen (secondary N) is 1. The molecule has 0 radical (unpaired) electrons. The molecule has 1 N–H and O–H groups in total. The summed E-state index contributed by atoms with van der Waals surface area (Å²) in [6.45, 7) is 6.74. The highest BCUT2D eigenvalue weighted by molar-refractivity contribution is 5.85. The second kappa shape index (κ2) is 7.12. The van der Waals surface area contributed by atoms with E-state index in [1.54, 1.807) is 0 Å². The molecule has 0 spiro atoms. The van der Waals surface area contributed by atoms with Crippen LogP contribution in [0.5, 0.6) is 0 Å². The average Bonchev–Trinajstić information content (AvgIpc) is 3.23. The van der Waals surface area contributed by atoms with Crippen molar-refractivity contribution in [1.29, 1.82) is 0 Å². The van der Waals surface area contributed by atoms with Crippen molar-refractivity contribution in [3.63, 3.8) is 0 Å². The van der Waals surface area contributed by atoms with Crippen molar-refractivity contribution in [3.8, 4) is 0 Å². The van der Waals surface area contributed by atoms with E-state index in [-0.39, 0.29) is 12.4 Å². The van der Waals surface area contributed by atoms with E-state index in [4.69, 9.17) is 0 Å². The lowest BCUT2D eigenvalue weighted by Crippen LogP contribution is -2.33. The van der Waals surface area contributed by atoms with Crippen molar-refractivity contribution < 1.29 is 0 Å². The first-order chi connectivity index (χ1) is 8.40. The van der Waals surface area contributed by atoms with Crippen molar-refractivity contribution in [2.75, 3.05) is 32.7 Å². The molecule has 0 aromatic rings. The Kier molecular flexibility index (Phi) is 5.78. The number of piperidine rings is 1. The van der Waals surface area contributed by atoms with E-state index < -0.39 is 0 Å². The zero-order chi connectivity index (χ0) is 11.5. The average molecular weight is 273 g/mol. The predicted octanol–water partition coefficient (Wildman–Crippen LogP) is 2.92. The third kappa shape index (κ3) is 5.07. The molecule has 18 heavy (non-hydrogen) atoms. The van der Waals surface area contributed by atoms with Gasteiger partial charge < -0.3 is 10.2 Å². The van der Waals surface area contributed by atoms with Gasteiger partial charge in [-0.3, -0.25) is 0 Å². The van der Waals surface area contributed by atoms with Crippen LogP contribution in [0.3, 0.4) is 0 Å². The second-order valence-electron chi connectivity index (χ2n) is 6.63. The summed E-state index contributed by atoms with van der Waals surface area (Å²) >= 11 is 0. The van der Waals surface area contributed by atoms with Gasteiger partial charge in [0.05, 0.1) is 0 Å². The molecule has 0 bridgehead atoms. The second-order valence-corrected chi connectivity index (χ2v) is 6.63. The van der Waals surface area contributed by atoms with E-state index in [1.165, 1.54) is 77.7 Å². The highest BCUT2D eigenvalue weighted by atomic mass is 35.5. The molecule has 2 saturated carbocycles. The van der Waals surface area contributed by atoms with Crippen LogP contribution < -0.4 is 5.32 Å². The van der Waals surface area contributed by atoms with E-state index in [9.17, 15) is 0 Å². The lowest BCUT2D eigenvalue weighted by atomic mass is 9.94. The monoisotopic (exact) mass is 272 g/mol. The highest BCUT2D eigenvalue weighted by Gasteiger charge is 2.29. The normalized spacial score (nSPS) is 25.2. The van der Waals surface area contributed by atoms with Crippen LogP contribution in [0.25, 0.3) is 0 Å². The number of nitrogens with zero attached hydrogens (tertiary/aromatic N) is 1. The van der Waals surface area contributed by atoms with Gasteiger partial charge in [-0.25, -0.2) is 0 Å². The van der Waals surface area contributed by atoms with E-state index >= 15 is 0 Å². The molecule has 0 aromatic heterocycles. The Labute approximate surface area is 118 Å². The number of halogens is 1. The fourth-order valence-corrected chi connectivity index (χ4v) is 3.12. The molecule has 0 atom stereocenters. The van der Waals surface area contributed by atoms with Crippen molar-refractivity contribution in [3.05, 3.63) is 0 Å². The molecule has 2 nitrogen and oxygen atoms in total. The van der Waals surface area contributed by atoms with Crippen LogP contribution >= 0.6 is 12.4 Å². The summed E-state index contributed by atoms with van der Waals surface area (Å²) in [5.74, 6) is 3.15. The van der Waals surface area contributed by atoms with Crippen LogP contribution in [0, 0.1) is 17.8 Å². The summed E-state index contributed by atoms with van der Waals surface area (Å²) < 4.78 is 0. The van der Waals surface area contributed by atoms with Gasteiger partial charge in [0.1, 0.15) is 0 Å². The minimum atomic E-state index is 0. The minimum absolute atomic E-state index is 0. The fraction of sp³-hybridized carbons (Fsp3) is 1.00. The van der Waals surface area contributed by atoms with Crippen LogP contribution in [0.4, 0.5) is 0 Å². The van der Waals surface area contributed by atoms with Gasteiger partial charge in [0.25, 0.3) is 0 Å². The maximum Gasteiger partial charge on any atom is 0.000978 e. The first-order valence-electron chi connectivity index (χ1n) is 7.83. The molecule has 3 aliphatic rings. The first kappa shape index (κ1) is 14.6. The number of hydrogen-bond acceptors (Lipinski definition) is 2. The van der Waals surface area contributed by atoms with Gasteiger partial charge in [0.2, 0.25) is 0 Å². The van der Waals surface area contributed by atoms with E-state index in [2.05, 4.69) is 10.2 Å². The molecule has 3 fully saturated rings. The van der Waals surface area contributed by atoms with Gasteiger partial charge in [-0.2, -0.15) is 0 Å². The van der Waals surface area contributed by atoms with Crippen LogP contribution in [-0.2, 0) is 0 Å². The molecule has 3 heteroatoms. The summed E-state index contributed by atoms with van der Waals surface area (Å²) in [4.78, 5) is 2.80. The van der Waals surface area contributed by atoms with Gasteiger partial charge in [-0.15, -0.1) is 12.4 Å². The Hall–Kier alpha value is 0.210. The van der Waals surface area contributed by atoms with E-state index in [0.29, 0.717) is 0 Å². The zero-order valence-electron chi connectivity index (χ0n) is 11.6. The topological polar surface area (TPSA) is 15.3 Å². The van der Waals surface area contributed by atoms with Crippen LogP contribution in [0.1, 0.15) is 44.9 Å². The largest absolute Gasteiger partial charge is 0.317 e. The third-order valence-electron chi connectivity index (χ3n) is 4.74. The SMILES string of the molecule is C1CC(CCN(CC2CC2)CC2CC2)CCN1.Cl. The maximum absolute atomic E-state index is 3.47. The Morgan fingerprint density at radius 2 is 1.33 bits per heavy atom. The molecule has 1 aliphatic heterocycles. The standard InChI is InChI=1S/C15H28N2.ClH/c1-2-14(1)11-17(12-15-3-4-15)10-7-13-5-8-16-9-6-13;/h13-16H,1-12H2;1H. The van der Waals surface area contributed by atoms with Gasteiger partial charge in [0.15, 0.2) is 0 Å². The summed E-state index contributed by atoms with van der Waals surface area (Å²) in [7, 11) is 0. The van der Waals surface area contributed by atoms with Gasteiger partial charge in [-0.1, -0.05) is 0 Å². The Balaban J connectivity index is 0.00000120. The molecule has 1 saturated heterocycles. The van der Waals surface area contributed by atoms with Crippen LogP contribution in [-0.4, -0.2) is 37.6 Å². The molecule has 1 heterocycles. The first-order valence-corrected chi connectivity index (χ1v) is 7.83. The number of hydrogen-bond donors (Lipinski definition) is 1. The van der Waals surface area contributed by atoms with E-state index in [0.717, 1.165) is 17.8 Å². The Bertz CT molecular complexity index is 219. The highest BCUT2D eigenvalue weighted by Crippen LogP contribution is 2.34. The van der Waals surface area contributed by atoms with Crippen molar-refractivity contribution >= 4 is 12.4 Å². The number of rotatable bonds is 7.